The molecule has 0 unspecified atom stereocenters. The zero-order valence-electron chi connectivity index (χ0n) is 19.4. The van der Waals surface area contributed by atoms with E-state index in [0.717, 1.165) is 12.8 Å². The molecule has 34 heavy (non-hydrogen) atoms. The van der Waals surface area contributed by atoms with Crippen molar-refractivity contribution in [1.29, 1.82) is 5.26 Å². The number of nitrogens with zero attached hydrogens (tertiary/aromatic N) is 6. The van der Waals surface area contributed by atoms with Gasteiger partial charge in [0, 0.05) is 52.0 Å². The number of piperazine rings is 1. The highest BCUT2D eigenvalue weighted by molar-refractivity contribution is 7.89. The molecule has 3 amide bonds. The van der Waals surface area contributed by atoms with E-state index in [4.69, 9.17) is 5.26 Å². The second-order valence-corrected chi connectivity index (χ2v) is 10.8. The van der Waals surface area contributed by atoms with Crippen molar-refractivity contribution in [3.63, 3.8) is 0 Å². The molecule has 2 aromatic heterocycles. The van der Waals surface area contributed by atoms with Gasteiger partial charge in [0.1, 0.15) is 17.1 Å². The van der Waals surface area contributed by atoms with E-state index < -0.39 is 21.5 Å². The van der Waals surface area contributed by atoms with Crippen LogP contribution in [-0.4, -0.2) is 85.4 Å². The first-order valence-corrected chi connectivity index (χ1v) is 12.4. The Morgan fingerprint density at radius 3 is 2.50 bits per heavy atom. The molecule has 0 spiro atoms. The fraction of sp³-hybridized carbons (Fsp3) is 0.524. The molecular weight excluding hydrogens is 460 g/mol. The summed E-state index contributed by atoms with van der Waals surface area (Å²) in [5, 5.41) is 11.4. The van der Waals surface area contributed by atoms with Gasteiger partial charge in [-0.05, 0) is 25.8 Å². The maximum atomic E-state index is 13.2. The van der Waals surface area contributed by atoms with Crippen LogP contribution in [0.3, 0.4) is 0 Å². The number of fused-ring (bicyclic) bond motifs is 1. The summed E-state index contributed by atoms with van der Waals surface area (Å²) >= 11 is 0. The fourth-order valence-corrected chi connectivity index (χ4v) is 5.35. The van der Waals surface area contributed by atoms with Crippen LogP contribution >= 0.6 is 0 Å². The van der Waals surface area contributed by atoms with Crippen molar-refractivity contribution in [3.05, 3.63) is 18.5 Å². The van der Waals surface area contributed by atoms with Crippen molar-refractivity contribution in [2.75, 3.05) is 50.5 Å². The standard InChI is InChI=1S/C21H28N8O4S/c1-21(5-6-21)25-34(32,33)15-12-16(27-8-10-28(11-9-27)20(31)26(2)3)19-23-13-17(29(19)14-15)24-18(30)4-7-22/h12-14,25H,4-6,8-11H2,1-3H3,(H,24,30). The Hall–Kier alpha value is -3.37. The van der Waals surface area contributed by atoms with Crippen molar-refractivity contribution in [2.45, 2.75) is 36.6 Å². The number of hydrogen-bond acceptors (Lipinski definition) is 7. The maximum absolute atomic E-state index is 13.2. The van der Waals surface area contributed by atoms with Gasteiger partial charge in [-0.3, -0.25) is 9.20 Å². The van der Waals surface area contributed by atoms with E-state index in [2.05, 4.69) is 15.0 Å². The number of imidazole rings is 1. The Morgan fingerprint density at radius 1 is 1.24 bits per heavy atom. The number of rotatable bonds is 6. The molecule has 13 heteroatoms. The Labute approximate surface area is 198 Å². The number of carbonyl (C=O) groups excluding carboxylic acids is 2. The van der Waals surface area contributed by atoms with E-state index in [0.29, 0.717) is 37.5 Å². The number of nitrogens with one attached hydrogen (secondary N) is 2. The molecule has 1 aliphatic carbocycles. The smallest absolute Gasteiger partial charge is 0.319 e. The molecule has 0 bridgehead atoms. The van der Waals surface area contributed by atoms with Gasteiger partial charge in [-0.15, -0.1) is 0 Å². The summed E-state index contributed by atoms with van der Waals surface area (Å²) in [5.41, 5.74) is 0.600. The molecule has 4 rings (SSSR count). The van der Waals surface area contributed by atoms with Crippen molar-refractivity contribution in [2.24, 2.45) is 0 Å². The molecule has 182 valence electrons. The third-order valence-electron chi connectivity index (χ3n) is 6.03. The summed E-state index contributed by atoms with van der Waals surface area (Å²) in [4.78, 5) is 34.0. The lowest BCUT2D eigenvalue weighted by Gasteiger charge is -2.37. The lowest BCUT2D eigenvalue weighted by Crippen LogP contribution is -2.51. The van der Waals surface area contributed by atoms with E-state index in [9.17, 15) is 18.0 Å². The SMILES string of the molecule is CN(C)C(=O)N1CCN(c2cc(S(=O)(=O)NC3(C)CC3)cn3c(NC(=O)CC#N)cnc23)CC1. The number of anilines is 2. The number of hydrogen-bond donors (Lipinski definition) is 2. The van der Waals surface area contributed by atoms with E-state index >= 15 is 0 Å². The normalized spacial score (nSPS) is 17.4. The number of pyridine rings is 1. The van der Waals surface area contributed by atoms with Gasteiger partial charge < -0.3 is 20.0 Å². The minimum Gasteiger partial charge on any atom is -0.365 e. The van der Waals surface area contributed by atoms with Crippen LogP contribution < -0.4 is 14.9 Å². The molecule has 2 aromatic rings. The molecule has 12 nitrogen and oxygen atoms in total. The van der Waals surface area contributed by atoms with Crippen LogP contribution in [0.2, 0.25) is 0 Å². The van der Waals surface area contributed by atoms with E-state index in [1.54, 1.807) is 31.1 Å². The number of aromatic nitrogens is 2. The average molecular weight is 489 g/mol. The third-order valence-corrected chi connectivity index (χ3v) is 7.64. The molecule has 2 fully saturated rings. The van der Waals surface area contributed by atoms with Gasteiger partial charge in [-0.2, -0.15) is 5.26 Å². The van der Waals surface area contributed by atoms with Gasteiger partial charge >= 0.3 is 6.03 Å². The average Bonchev–Trinajstić information content (AvgIpc) is 3.36. The van der Waals surface area contributed by atoms with Crippen molar-refractivity contribution in [1.82, 2.24) is 23.9 Å². The number of nitriles is 1. The maximum Gasteiger partial charge on any atom is 0.319 e. The summed E-state index contributed by atoms with van der Waals surface area (Å²) in [6, 6.07) is 3.30. The monoisotopic (exact) mass is 488 g/mol. The summed E-state index contributed by atoms with van der Waals surface area (Å²) in [6.45, 7) is 3.79. The van der Waals surface area contributed by atoms with Crippen molar-refractivity contribution < 1.29 is 18.0 Å². The van der Waals surface area contributed by atoms with Crippen molar-refractivity contribution in [3.8, 4) is 6.07 Å². The second-order valence-electron chi connectivity index (χ2n) is 9.10. The Kier molecular flexibility index (Phi) is 6.13. The Bertz CT molecular complexity index is 1270. The second kappa shape index (κ2) is 8.77. The van der Waals surface area contributed by atoms with Crippen LogP contribution in [0, 0.1) is 11.3 Å². The van der Waals surface area contributed by atoms with Gasteiger partial charge in [0.2, 0.25) is 15.9 Å². The zero-order chi connectivity index (χ0) is 24.7. The summed E-state index contributed by atoms with van der Waals surface area (Å²) in [7, 11) is -0.436. The number of sulfonamides is 1. The quantitative estimate of drug-likeness (QED) is 0.613. The Morgan fingerprint density at radius 2 is 1.91 bits per heavy atom. The first kappa shape index (κ1) is 23.8. The van der Waals surface area contributed by atoms with Crippen LogP contribution in [0.1, 0.15) is 26.2 Å². The fourth-order valence-electron chi connectivity index (χ4n) is 3.87. The van der Waals surface area contributed by atoms with Gasteiger partial charge in [0.05, 0.1) is 18.0 Å². The van der Waals surface area contributed by atoms with Crippen LogP contribution in [0.4, 0.5) is 16.3 Å². The molecule has 2 aliphatic rings. The number of carbonyl (C=O) groups is 2. The van der Waals surface area contributed by atoms with Gasteiger partial charge in [-0.1, -0.05) is 0 Å². The number of urea groups is 1. The lowest BCUT2D eigenvalue weighted by molar-refractivity contribution is -0.115. The largest absolute Gasteiger partial charge is 0.365 e. The predicted octanol–water partition coefficient (Wildman–Crippen LogP) is 0.821. The predicted molar refractivity (Wildman–Crippen MR) is 125 cm³/mol. The summed E-state index contributed by atoms with van der Waals surface area (Å²) in [5.74, 6) is -0.244. The molecule has 3 heterocycles. The zero-order valence-corrected chi connectivity index (χ0v) is 20.2. The van der Waals surface area contributed by atoms with Gasteiger partial charge in [0.15, 0.2) is 5.65 Å². The van der Waals surface area contributed by atoms with E-state index in [1.165, 1.54) is 21.7 Å². The molecule has 1 saturated carbocycles. The van der Waals surface area contributed by atoms with E-state index in [1.807, 2.05) is 11.8 Å². The van der Waals surface area contributed by atoms with E-state index in [-0.39, 0.29) is 23.2 Å². The van der Waals surface area contributed by atoms with Crippen LogP contribution in [0.25, 0.3) is 5.65 Å². The topological polar surface area (TPSA) is 143 Å². The van der Waals surface area contributed by atoms with Crippen LogP contribution in [0.5, 0.6) is 0 Å². The van der Waals surface area contributed by atoms with Gasteiger partial charge in [0.25, 0.3) is 0 Å². The minimum atomic E-state index is -3.84. The van der Waals surface area contributed by atoms with Gasteiger partial charge in [-0.25, -0.2) is 22.9 Å². The minimum absolute atomic E-state index is 0.0451. The molecule has 0 aromatic carbocycles. The molecule has 1 saturated heterocycles. The summed E-state index contributed by atoms with van der Waals surface area (Å²) in [6.07, 6.45) is 4.06. The highest BCUT2D eigenvalue weighted by Gasteiger charge is 2.41. The first-order valence-electron chi connectivity index (χ1n) is 11.0. The molecular formula is C21H28N8O4S. The molecule has 0 atom stereocenters. The van der Waals surface area contributed by atoms with Crippen molar-refractivity contribution >= 4 is 39.1 Å². The first-order chi connectivity index (χ1) is 16.0. The highest BCUT2D eigenvalue weighted by atomic mass is 32.2. The third kappa shape index (κ3) is 4.78. The van der Waals surface area contributed by atoms with Crippen LogP contribution in [0.15, 0.2) is 23.4 Å². The molecule has 0 radical (unpaired) electrons. The Balaban J connectivity index is 1.71. The molecule has 1 aliphatic heterocycles. The lowest BCUT2D eigenvalue weighted by atomic mass is 10.2. The highest BCUT2D eigenvalue weighted by Crippen LogP contribution is 2.37. The molecule has 2 N–H and O–H groups in total. The summed E-state index contributed by atoms with van der Waals surface area (Å²) < 4.78 is 30.7. The van der Waals surface area contributed by atoms with Crippen LogP contribution in [-0.2, 0) is 14.8 Å². The number of amides is 3.